The number of nitrogens with one attached hydrogen (secondary N) is 1. The highest BCUT2D eigenvalue weighted by atomic mass is 35.5. The number of methoxy groups -OCH3 is 1. The Morgan fingerprint density at radius 3 is 2.81 bits per heavy atom. The molecule has 0 spiro atoms. The van der Waals surface area contributed by atoms with Crippen LogP contribution in [0.1, 0.15) is 42.5 Å². The molecule has 3 N–H and O–H groups in total. The minimum atomic E-state index is -0.543. The van der Waals surface area contributed by atoms with Crippen molar-refractivity contribution in [2.24, 2.45) is 11.7 Å². The predicted octanol–water partition coefficient (Wildman–Crippen LogP) is 1.70. The highest BCUT2D eigenvalue weighted by Crippen LogP contribution is 2.32. The molecule has 0 aromatic carbocycles. The van der Waals surface area contributed by atoms with Crippen molar-refractivity contribution < 1.29 is 19.1 Å². The normalized spacial score (nSPS) is 25.5. The van der Waals surface area contributed by atoms with Crippen molar-refractivity contribution in [1.29, 1.82) is 0 Å². The van der Waals surface area contributed by atoms with Gasteiger partial charge in [-0.25, -0.2) is 4.79 Å². The maximum absolute atomic E-state index is 12.7. The lowest BCUT2D eigenvalue weighted by atomic mass is 9.85. The van der Waals surface area contributed by atoms with E-state index in [0.717, 1.165) is 19.3 Å². The van der Waals surface area contributed by atoms with E-state index in [9.17, 15) is 14.4 Å². The molecule has 2 heterocycles. The van der Waals surface area contributed by atoms with Gasteiger partial charge in [-0.15, -0.1) is 23.7 Å². The minimum absolute atomic E-state index is 0. The fraction of sp³-hybridized carbons (Fsp3) is 0.588. The fourth-order valence-corrected chi connectivity index (χ4v) is 4.47. The van der Waals surface area contributed by atoms with Gasteiger partial charge in [0.15, 0.2) is 0 Å². The monoisotopic (exact) mass is 401 g/mol. The van der Waals surface area contributed by atoms with Crippen LogP contribution in [0.3, 0.4) is 0 Å². The number of nitrogens with zero attached hydrogens (tertiary/aromatic N) is 1. The molecule has 1 aromatic heterocycles. The van der Waals surface area contributed by atoms with Gasteiger partial charge in [0.2, 0.25) is 11.8 Å². The lowest BCUT2D eigenvalue weighted by Gasteiger charge is -2.26. The standard InChI is InChI=1S/C17H23N3O4S.ClH/c1-24-17(23)12-6-8-25-16(12)20-7-5-13(15(20)22)19-14(21)10-3-2-4-11(18)9-10;/h6,8,10-11,13H,2-5,7,9,18H2,1H3,(H,19,21);1H. The van der Waals surface area contributed by atoms with Gasteiger partial charge < -0.3 is 20.7 Å². The van der Waals surface area contributed by atoms with Crippen LogP contribution in [0.4, 0.5) is 5.00 Å². The van der Waals surface area contributed by atoms with Gasteiger partial charge in [-0.2, -0.15) is 0 Å². The number of anilines is 1. The molecule has 1 aromatic rings. The summed E-state index contributed by atoms with van der Waals surface area (Å²) in [5, 5.41) is 5.21. The van der Waals surface area contributed by atoms with E-state index in [1.54, 1.807) is 16.3 Å². The van der Waals surface area contributed by atoms with Gasteiger partial charge in [0, 0.05) is 18.5 Å². The molecule has 1 aliphatic heterocycles. The van der Waals surface area contributed by atoms with Crippen molar-refractivity contribution in [2.45, 2.75) is 44.2 Å². The number of esters is 1. The maximum Gasteiger partial charge on any atom is 0.340 e. The van der Waals surface area contributed by atoms with Crippen molar-refractivity contribution in [1.82, 2.24) is 5.32 Å². The van der Waals surface area contributed by atoms with Crippen LogP contribution in [0, 0.1) is 5.92 Å². The number of rotatable bonds is 4. The molecule has 1 saturated carbocycles. The van der Waals surface area contributed by atoms with Crippen molar-refractivity contribution >= 4 is 46.5 Å². The SMILES string of the molecule is COC(=O)c1ccsc1N1CCC(NC(=O)C2CCCC(N)C2)C1=O.Cl. The number of hydrogen-bond acceptors (Lipinski definition) is 6. The number of hydrogen-bond donors (Lipinski definition) is 2. The van der Waals surface area contributed by atoms with Gasteiger partial charge in [-0.1, -0.05) is 6.42 Å². The first-order valence-corrected chi connectivity index (χ1v) is 9.42. The second kappa shape index (κ2) is 8.83. The maximum atomic E-state index is 12.7. The Morgan fingerprint density at radius 2 is 2.12 bits per heavy atom. The van der Waals surface area contributed by atoms with E-state index in [0.29, 0.717) is 30.0 Å². The van der Waals surface area contributed by atoms with Gasteiger partial charge in [0.1, 0.15) is 11.0 Å². The molecule has 7 nitrogen and oxygen atoms in total. The molecule has 1 aliphatic carbocycles. The Bertz CT molecular complexity index is 681. The molecule has 144 valence electrons. The van der Waals surface area contributed by atoms with Gasteiger partial charge in [0.25, 0.3) is 0 Å². The Morgan fingerprint density at radius 1 is 1.35 bits per heavy atom. The smallest absolute Gasteiger partial charge is 0.340 e. The number of thiophene rings is 1. The van der Waals surface area contributed by atoms with E-state index in [2.05, 4.69) is 5.32 Å². The molecule has 2 aliphatic rings. The van der Waals surface area contributed by atoms with Crippen LogP contribution < -0.4 is 16.0 Å². The molecule has 0 bridgehead atoms. The fourth-order valence-electron chi connectivity index (χ4n) is 3.55. The first-order valence-electron chi connectivity index (χ1n) is 8.54. The average Bonchev–Trinajstić information content (AvgIpc) is 3.21. The summed E-state index contributed by atoms with van der Waals surface area (Å²) in [5.41, 5.74) is 6.33. The average molecular weight is 402 g/mol. The number of carbonyl (C=O) groups is 3. The molecular weight excluding hydrogens is 378 g/mol. The molecule has 1 saturated heterocycles. The van der Waals surface area contributed by atoms with Crippen LogP contribution in [-0.4, -0.2) is 43.5 Å². The molecule has 3 atom stereocenters. The second-order valence-electron chi connectivity index (χ2n) is 6.59. The van der Waals surface area contributed by atoms with Crippen molar-refractivity contribution in [3.63, 3.8) is 0 Å². The number of ether oxygens (including phenoxy) is 1. The summed E-state index contributed by atoms with van der Waals surface area (Å²) < 4.78 is 4.76. The van der Waals surface area contributed by atoms with E-state index in [4.69, 9.17) is 10.5 Å². The van der Waals surface area contributed by atoms with Crippen molar-refractivity contribution in [3.8, 4) is 0 Å². The predicted molar refractivity (Wildman–Crippen MR) is 102 cm³/mol. The highest BCUT2D eigenvalue weighted by Gasteiger charge is 2.37. The molecule has 0 radical (unpaired) electrons. The van der Waals surface area contributed by atoms with E-state index in [-0.39, 0.29) is 36.2 Å². The van der Waals surface area contributed by atoms with Crippen LogP contribution in [0.2, 0.25) is 0 Å². The third-order valence-corrected chi connectivity index (χ3v) is 5.84. The largest absolute Gasteiger partial charge is 0.465 e. The Hall–Kier alpha value is -1.64. The zero-order valence-electron chi connectivity index (χ0n) is 14.6. The van der Waals surface area contributed by atoms with Gasteiger partial charge in [-0.05, 0) is 37.1 Å². The summed E-state index contributed by atoms with van der Waals surface area (Å²) in [6, 6.07) is 1.17. The summed E-state index contributed by atoms with van der Waals surface area (Å²) in [6.45, 7) is 0.471. The lowest BCUT2D eigenvalue weighted by Crippen LogP contribution is -2.45. The van der Waals surface area contributed by atoms with Crippen molar-refractivity contribution in [2.75, 3.05) is 18.6 Å². The van der Waals surface area contributed by atoms with Gasteiger partial charge in [0.05, 0.1) is 12.7 Å². The van der Waals surface area contributed by atoms with Crippen LogP contribution in [0.25, 0.3) is 0 Å². The third-order valence-electron chi connectivity index (χ3n) is 4.90. The molecule has 9 heteroatoms. The summed E-state index contributed by atoms with van der Waals surface area (Å²) in [5.74, 6) is -0.846. The van der Waals surface area contributed by atoms with E-state index in [1.807, 2.05) is 0 Å². The summed E-state index contributed by atoms with van der Waals surface area (Å²) in [6.07, 6.45) is 3.92. The number of halogens is 1. The van der Waals surface area contributed by atoms with E-state index >= 15 is 0 Å². The first kappa shape index (κ1) is 20.7. The minimum Gasteiger partial charge on any atom is -0.465 e. The van der Waals surface area contributed by atoms with Gasteiger partial charge in [-0.3, -0.25) is 9.59 Å². The van der Waals surface area contributed by atoms with Crippen molar-refractivity contribution in [3.05, 3.63) is 17.0 Å². The summed E-state index contributed by atoms with van der Waals surface area (Å²) in [7, 11) is 1.31. The molecular formula is C17H24ClN3O4S. The zero-order valence-corrected chi connectivity index (χ0v) is 16.2. The third kappa shape index (κ3) is 4.19. The van der Waals surface area contributed by atoms with E-state index in [1.165, 1.54) is 18.4 Å². The molecule has 2 amide bonds. The number of nitrogens with two attached hydrogens (primary N) is 1. The zero-order chi connectivity index (χ0) is 18.0. The topological polar surface area (TPSA) is 102 Å². The number of amides is 2. The Balaban J connectivity index is 0.00000243. The molecule has 3 unspecified atom stereocenters. The molecule has 3 rings (SSSR count). The highest BCUT2D eigenvalue weighted by molar-refractivity contribution is 7.14. The van der Waals surface area contributed by atoms with E-state index < -0.39 is 12.0 Å². The molecule has 2 fully saturated rings. The lowest BCUT2D eigenvalue weighted by molar-refractivity contribution is -0.130. The summed E-state index contributed by atoms with van der Waals surface area (Å²) in [4.78, 5) is 38.5. The van der Waals surface area contributed by atoms with Gasteiger partial charge >= 0.3 is 5.97 Å². The Kier molecular flexibility index (Phi) is 7.02. The van der Waals surface area contributed by atoms with Crippen LogP contribution in [-0.2, 0) is 14.3 Å². The van der Waals surface area contributed by atoms with Crippen LogP contribution in [0.5, 0.6) is 0 Å². The number of carbonyl (C=O) groups excluding carboxylic acids is 3. The molecule has 26 heavy (non-hydrogen) atoms. The quantitative estimate of drug-likeness (QED) is 0.747. The first-order chi connectivity index (χ1) is 12.0. The second-order valence-corrected chi connectivity index (χ2v) is 7.49. The van der Waals surface area contributed by atoms with Crippen LogP contribution in [0.15, 0.2) is 11.4 Å². The van der Waals surface area contributed by atoms with Crippen LogP contribution >= 0.6 is 23.7 Å². The Labute approximate surface area is 162 Å². The summed E-state index contributed by atoms with van der Waals surface area (Å²) >= 11 is 1.32.